The molecule has 0 unspecified atom stereocenters. The van der Waals surface area contributed by atoms with E-state index >= 15 is 0 Å². The Morgan fingerprint density at radius 2 is 2.19 bits per heavy atom. The summed E-state index contributed by atoms with van der Waals surface area (Å²) in [5.41, 5.74) is 0. The van der Waals surface area contributed by atoms with E-state index in [0.717, 1.165) is 13.0 Å². The molecule has 9 heteroatoms. The topological polar surface area (TPSA) is 113 Å². The Morgan fingerprint density at radius 1 is 1.38 bits per heavy atom. The van der Waals surface area contributed by atoms with Crippen LogP contribution in [0.25, 0.3) is 0 Å². The van der Waals surface area contributed by atoms with Crippen LogP contribution in [0, 0.1) is 6.92 Å². The van der Waals surface area contributed by atoms with E-state index in [0.29, 0.717) is 23.9 Å². The predicted molar refractivity (Wildman–Crippen MR) is 75.9 cm³/mol. The lowest BCUT2D eigenvalue weighted by molar-refractivity contribution is 0.457. The first-order valence-corrected chi connectivity index (χ1v) is 8.15. The summed E-state index contributed by atoms with van der Waals surface area (Å²) < 4.78 is 32.4. The van der Waals surface area contributed by atoms with Crippen molar-refractivity contribution in [3.63, 3.8) is 0 Å². The number of sulfonamides is 1. The molecule has 0 aliphatic carbocycles. The highest BCUT2D eigenvalue weighted by molar-refractivity contribution is 7.89. The van der Waals surface area contributed by atoms with Crippen molar-refractivity contribution in [2.45, 2.75) is 38.3 Å². The molecule has 116 valence electrons. The number of furan rings is 1. The van der Waals surface area contributed by atoms with Gasteiger partial charge in [-0.3, -0.25) is 5.10 Å². The zero-order valence-electron chi connectivity index (χ0n) is 12.0. The third-order valence-electron chi connectivity index (χ3n) is 2.83. The van der Waals surface area contributed by atoms with Crippen LogP contribution >= 0.6 is 0 Å². The molecule has 2 rings (SSSR count). The molecular weight excluding hydrogens is 294 g/mol. The second-order valence-electron chi connectivity index (χ2n) is 4.57. The Labute approximate surface area is 123 Å². The first-order valence-electron chi connectivity index (χ1n) is 6.67. The third kappa shape index (κ3) is 4.13. The maximum atomic E-state index is 12.2. The molecule has 21 heavy (non-hydrogen) atoms. The lowest BCUT2D eigenvalue weighted by Crippen LogP contribution is -2.24. The molecule has 0 radical (unpaired) electrons. The van der Waals surface area contributed by atoms with E-state index in [1.807, 2.05) is 0 Å². The normalized spacial score (nSPS) is 11.9. The number of aromatic nitrogens is 3. The minimum absolute atomic E-state index is 0.0520. The highest BCUT2D eigenvalue weighted by Crippen LogP contribution is 2.20. The standard InChI is InChI=1S/C12H19N5O3S/c1-3-4-13-6-10-5-11(9(2)20-10)21(18,19)16-7-12-14-8-15-17-12/h5,8,13,16H,3-4,6-7H2,1-2H3,(H,14,15,17). The second kappa shape index (κ2) is 6.83. The molecule has 0 aromatic carbocycles. The summed E-state index contributed by atoms with van der Waals surface area (Å²) in [5.74, 6) is 1.42. The summed E-state index contributed by atoms with van der Waals surface area (Å²) in [6, 6.07) is 1.54. The number of hydrogen-bond acceptors (Lipinski definition) is 6. The Balaban J connectivity index is 2.05. The molecule has 3 N–H and O–H groups in total. The monoisotopic (exact) mass is 313 g/mol. The smallest absolute Gasteiger partial charge is 0.244 e. The Bertz CT molecular complexity index is 663. The average molecular weight is 313 g/mol. The maximum Gasteiger partial charge on any atom is 0.244 e. The van der Waals surface area contributed by atoms with Gasteiger partial charge < -0.3 is 9.73 Å². The van der Waals surface area contributed by atoms with Crippen LogP contribution in [0.1, 0.15) is 30.7 Å². The molecule has 0 bridgehead atoms. The fourth-order valence-corrected chi connectivity index (χ4v) is 3.01. The number of rotatable bonds is 8. The summed E-state index contributed by atoms with van der Waals surface area (Å²) in [4.78, 5) is 4.01. The van der Waals surface area contributed by atoms with E-state index in [2.05, 4.69) is 32.1 Å². The quantitative estimate of drug-likeness (QED) is 0.618. The Kier molecular flexibility index (Phi) is 5.10. The Morgan fingerprint density at radius 3 is 2.86 bits per heavy atom. The van der Waals surface area contributed by atoms with Crippen LogP contribution in [-0.2, 0) is 23.1 Å². The van der Waals surface area contributed by atoms with Crippen molar-refractivity contribution in [3.05, 3.63) is 29.7 Å². The van der Waals surface area contributed by atoms with E-state index in [1.54, 1.807) is 13.0 Å². The molecule has 2 aromatic heterocycles. The minimum Gasteiger partial charge on any atom is -0.464 e. The average Bonchev–Trinajstić information content (AvgIpc) is 3.07. The zero-order valence-corrected chi connectivity index (χ0v) is 12.8. The summed E-state index contributed by atoms with van der Waals surface area (Å²) in [5, 5.41) is 9.42. The molecule has 0 atom stereocenters. The first kappa shape index (κ1) is 15.7. The van der Waals surface area contributed by atoms with Gasteiger partial charge in [-0.2, -0.15) is 5.10 Å². The van der Waals surface area contributed by atoms with Crippen LogP contribution < -0.4 is 10.0 Å². The van der Waals surface area contributed by atoms with Gasteiger partial charge in [0.1, 0.15) is 28.6 Å². The largest absolute Gasteiger partial charge is 0.464 e. The van der Waals surface area contributed by atoms with Gasteiger partial charge in [0, 0.05) is 6.07 Å². The lowest BCUT2D eigenvalue weighted by Gasteiger charge is -2.03. The van der Waals surface area contributed by atoms with Crippen molar-refractivity contribution >= 4 is 10.0 Å². The SMILES string of the molecule is CCCNCc1cc(S(=O)(=O)NCc2ncn[nH]2)c(C)o1. The summed E-state index contributed by atoms with van der Waals surface area (Å²) >= 11 is 0. The van der Waals surface area contributed by atoms with E-state index in [-0.39, 0.29) is 11.4 Å². The van der Waals surface area contributed by atoms with Gasteiger partial charge >= 0.3 is 0 Å². The van der Waals surface area contributed by atoms with Gasteiger partial charge in [-0.15, -0.1) is 0 Å². The van der Waals surface area contributed by atoms with Crippen LogP contribution in [-0.4, -0.2) is 30.1 Å². The lowest BCUT2D eigenvalue weighted by atomic mass is 10.4. The first-order chi connectivity index (χ1) is 10.0. The van der Waals surface area contributed by atoms with Gasteiger partial charge in [0.2, 0.25) is 10.0 Å². The fourth-order valence-electron chi connectivity index (χ4n) is 1.82. The van der Waals surface area contributed by atoms with Crippen LogP contribution in [0.3, 0.4) is 0 Å². The van der Waals surface area contributed by atoms with Gasteiger partial charge in [0.15, 0.2) is 0 Å². The van der Waals surface area contributed by atoms with Gasteiger partial charge in [0.05, 0.1) is 13.1 Å². The molecule has 0 aliphatic rings. The van der Waals surface area contributed by atoms with Crippen molar-refractivity contribution in [1.82, 2.24) is 25.2 Å². The summed E-state index contributed by atoms with van der Waals surface area (Å²) in [6.07, 6.45) is 2.33. The molecule has 2 aromatic rings. The number of hydrogen-bond donors (Lipinski definition) is 3. The fraction of sp³-hybridized carbons (Fsp3) is 0.500. The third-order valence-corrected chi connectivity index (χ3v) is 4.34. The van der Waals surface area contributed by atoms with Crippen molar-refractivity contribution in [2.75, 3.05) is 6.54 Å². The van der Waals surface area contributed by atoms with Gasteiger partial charge in [-0.05, 0) is 19.9 Å². The number of aryl methyl sites for hydroxylation is 1. The van der Waals surface area contributed by atoms with Crippen LogP contribution in [0.2, 0.25) is 0 Å². The number of H-pyrrole nitrogens is 1. The number of aromatic amines is 1. The van der Waals surface area contributed by atoms with E-state index in [1.165, 1.54) is 6.33 Å². The van der Waals surface area contributed by atoms with Crippen molar-refractivity contribution in [1.29, 1.82) is 0 Å². The van der Waals surface area contributed by atoms with Gasteiger partial charge in [-0.25, -0.2) is 18.1 Å². The number of nitrogens with one attached hydrogen (secondary N) is 3. The van der Waals surface area contributed by atoms with Crippen molar-refractivity contribution in [2.24, 2.45) is 0 Å². The number of nitrogens with zero attached hydrogens (tertiary/aromatic N) is 2. The molecule has 0 saturated heterocycles. The second-order valence-corrected chi connectivity index (χ2v) is 6.30. The molecule has 8 nitrogen and oxygen atoms in total. The van der Waals surface area contributed by atoms with E-state index in [9.17, 15) is 8.42 Å². The van der Waals surface area contributed by atoms with Crippen LogP contribution in [0.4, 0.5) is 0 Å². The predicted octanol–water partition coefficient (Wildman–Crippen LogP) is 0.684. The van der Waals surface area contributed by atoms with Gasteiger partial charge in [-0.1, -0.05) is 6.92 Å². The summed E-state index contributed by atoms with van der Waals surface area (Å²) in [7, 11) is -3.64. The Hall–Kier alpha value is -1.71. The zero-order chi connectivity index (χ0) is 15.3. The van der Waals surface area contributed by atoms with E-state index in [4.69, 9.17) is 4.42 Å². The highest BCUT2D eigenvalue weighted by Gasteiger charge is 2.21. The minimum atomic E-state index is -3.64. The molecule has 0 spiro atoms. The molecule has 0 amide bonds. The van der Waals surface area contributed by atoms with Crippen molar-refractivity contribution in [3.8, 4) is 0 Å². The molecular formula is C12H19N5O3S. The summed E-state index contributed by atoms with van der Waals surface area (Å²) in [6.45, 7) is 5.10. The van der Waals surface area contributed by atoms with Gasteiger partial charge in [0.25, 0.3) is 0 Å². The molecule has 0 fully saturated rings. The van der Waals surface area contributed by atoms with E-state index < -0.39 is 10.0 Å². The highest BCUT2D eigenvalue weighted by atomic mass is 32.2. The van der Waals surface area contributed by atoms with Crippen molar-refractivity contribution < 1.29 is 12.8 Å². The molecule has 0 aliphatic heterocycles. The molecule has 0 saturated carbocycles. The maximum absolute atomic E-state index is 12.2. The van der Waals surface area contributed by atoms with Crippen LogP contribution in [0.5, 0.6) is 0 Å². The molecule has 2 heterocycles. The van der Waals surface area contributed by atoms with Crippen LogP contribution in [0.15, 0.2) is 21.7 Å².